The average Bonchev–Trinajstić information content (AvgIpc) is 3.35. The Morgan fingerprint density at radius 3 is 0.899 bits per heavy atom. The van der Waals surface area contributed by atoms with Crippen molar-refractivity contribution < 1.29 is 28.6 Å². The lowest BCUT2D eigenvalue weighted by Crippen LogP contribution is -2.30. The van der Waals surface area contributed by atoms with E-state index in [1.165, 1.54) is 193 Å². The monoisotopic (exact) mass is 969 g/mol. The number of carbonyl (C=O) groups is 3. The molecule has 0 amide bonds. The van der Waals surface area contributed by atoms with Crippen molar-refractivity contribution in [3.63, 3.8) is 0 Å². The second kappa shape index (κ2) is 58.2. The molecule has 0 aliphatic heterocycles. The van der Waals surface area contributed by atoms with Crippen molar-refractivity contribution >= 4 is 17.9 Å². The van der Waals surface area contributed by atoms with Crippen LogP contribution in [0.15, 0.2) is 36.5 Å². The van der Waals surface area contributed by atoms with Gasteiger partial charge in [0.05, 0.1) is 0 Å². The first-order chi connectivity index (χ1) is 34.0. The molecule has 0 rings (SSSR count). The molecule has 0 spiro atoms. The van der Waals surface area contributed by atoms with E-state index in [-0.39, 0.29) is 31.1 Å². The normalized spacial score (nSPS) is 12.2. The fourth-order valence-electron chi connectivity index (χ4n) is 9.01. The lowest BCUT2D eigenvalue weighted by Gasteiger charge is -2.18. The standard InChI is InChI=1S/C63H116O6/c1-4-7-10-13-16-19-22-24-26-27-28-29-30-31-32-33-34-35-36-38-39-41-44-47-50-53-56-62(65)68-59-60(58-67-61(64)55-52-49-46-43-21-18-15-12-9-6-3)69-63(66)57-54-51-48-45-42-40-37-25-23-20-17-14-11-8-5-2/h12,15,17,20,25,37,60H,4-11,13-14,16,18-19,21-24,26-36,38-59H2,1-3H3/b15-12-,20-17-,37-25-. The van der Waals surface area contributed by atoms with Crippen LogP contribution in [0.4, 0.5) is 0 Å². The lowest BCUT2D eigenvalue weighted by atomic mass is 10.0. The number of carbonyl (C=O) groups excluding carboxylic acids is 3. The van der Waals surface area contributed by atoms with Gasteiger partial charge in [-0.05, 0) is 70.6 Å². The predicted molar refractivity (Wildman–Crippen MR) is 298 cm³/mol. The van der Waals surface area contributed by atoms with Crippen molar-refractivity contribution in [1.29, 1.82) is 0 Å². The van der Waals surface area contributed by atoms with Crippen molar-refractivity contribution in [2.24, 2.45) is 0 Å². The van der Waals surface area contributed by atoms with E-state index < -0.39 is 6.10 Å². The zero-order valence-electron chi connectivity index (χ0n) is 46.3. The number of hydrogen-bond donors (Lipinski definition) is 0. The Bertz CT molecular complexity index is 1160. The van der Waals surface area contributed by atoms with Crippen LogP contribution in [0.5, 0.6) is 0 Å². The first-order valence-electron chi connectivity index (χ1n) is 30.5. The highest BCUT2D eigenvalue weighted by atomic mass is 16.6. The molecule has 0 aliphatic rings. The lowest BCUT2D eigenvalue weighted by molar-refractivity contribution is -0.167. The molecular formula is C63H116O6. The molecule has 6 nitrogen and oxygen atoms in total. The van der Waals surface area contributed by atoms with Gasteiger partial charge in [-0.2, -0.15) is 0 Å². The van der Waals surface area contributed by atoms with E-state index in [0.29, 0.717) is 19.3 Å². The molecule has 0 aromatic rings. The molecule has 1 atom stereocenters. The first kappa shape index (κ1) is 66.6. The maximum absolute atomic E-state index is 12.8. The smallest absolute Gasteiger partial charge is 0.306 e. The largest absolute Gasteiger partial charge is 0.462 e. The molecule has 0 aromatic heterocycles. The van der Waals surface area contributed by atoms with Gasteiger partial charge in [0.1, 0.15) is 13.2 Å². The summed E-state index contributed by atoms with van der Waals surface area (Å²) in [4.78, 5) is 38.1. The van der Waals surface area contributed by atoms with Gasteiger partial charge in [0.15, 0.2) is 6.10 Å². The molecule has 0 heterocycles. The van der Waals surface area contributed by atoms with Crippen LogP contribution in [0.3, 0.4) is 0 Å². The number of unbranched alkanes of at least 4 members (excludes halogenated alkanes) is 39. The van der Waals surface area contributed by atoms with Gasteiger partial charge >= 0.3 is 17.9 Å². The Balaban J connectivity index is 4.15. The zero-order chi connectivity index (χ0) is 50.0. The third-order valence-corrected chi connectivity index (χ3v) is 13.6. The Hall–Kier alpha value is -2.37. The van der Waals surface area contributed by atoms with Crippen LogP contribution in [0.25, 0.3) is 0 Å². The van der Waals surface area contributed by atoms with Gasteiger partial charge in [0.2, 0.25) is 0 Å². The topological polar surface area (TPSA) is 78.9 Å². The van der Waals surface area contributed by atoms with E-state index in [4.69, 9.17) is 14.2 Å². The van der Waals surface area contributed by atoms with Gasteiger partial charge in [0, 0.05) is 19.3 Å². The predicted octanol–water partition coefficient (Wildman–Crippen LogP) is 20.4. The summed E-state index contributed by atoms with van der Waals surface area (Å²) in [5, 5.41) is 0. The second-order valence-corrected chi connectivity index (χ2v) is 20.6. The van der Waals surface area contributed by atoms with E-state index in [2.05, 4.69) is 57.2 Å². The summed E-state index contributed by atoms with van der Waals surface area (Å²) in [6.45, 7) is 6.58. The number of hydrogen-bond acceptors (Lipinski definition) is 6. The summed E-state index contributed by atoms with van der Waals surface area (Å²) in [5.41, 5.74) is 0. The molecule has 1 unspecified atom stereocenters. The van der Waals surface area contributed by atoms with Crippen LogP contribution in [-0.4, -0.2) is 37.2 Å². The van der Waals surface area contributed by atoms with E-state index in [9.17, 15) is 14.4 Å². The highest BCUT2D eigenvalue weighted by Gasteiger charge is 2.19. The third kappa shape index (κ3) is 56.4. The van der Waals surface area contributed by atoms with Gasteiger partial charge in [-0.25, -0.2) is 0 Å². The number of ether oxygens (including phenoxy) is 3. The molecule has 0 radical (unpaired) electrons. The molecule has 0 bridgehead atoms. The third-order valence-electron chi connectivity index (χ3n) is 13.6. The summed E-state index contributed by atoms with van der Waals surface area (Å²) >= 11 is 0. The molecule has 6 heteroatoms. The molecule has 0 N–H and O–H groups in total. The summed E-state index contributed by atoms with van der Waals surface area (Å²) in [5.74, 6) is -0.886. The van der Waals surface area contributed by atoms with Crippen LogP contribution < -0.4 is 0 Å². The maximum atomic E-state index is 12.8. The van der Waals surface area contributed by atoms with E-state index >= 15 is 0 Å². The quantitative estimate of drug-likeness (QED) is 0.0261. The molecule has 0 saturated carbocycles. The maximum Gasteiger partial charge on any atom is 0.306 e. The highest BCUT2D eigenvalue weighted by Crippen LogP contribution is 2.17. The second-order valence-electron chi connectivity index (χ2n) is 20.6. The van der Waals surface area contributed by atoms with E-state index in [1.807, 2.05) is 0 Å². The van der Waals surface area contributed by atoms with Crippen molar-refractivity contribution in [2.45, 2.75) is 335 Å². The molecule has 69 heavy (non-hydrogen) atoms. The van der Waals surface area contributed by atoms with Crippen molar-refractivity contribution in [2.75, 3.05) is 13.2 Å². The van der Waals surface area contributed by atoms with Gasteiger partial charge in [-0.15, -0.1) is 0 Å². The fourth-order valence-corrected chi connectivity index (χ4v) is 9.01. The summed E-state index contributed by atoms with van der Waals surface area (Å²) < 4.78 is 16.8. The summed E-state index contributed by atoms with van der Waals surface area (Å²) in [7, 11) is 0. The van der Waals surface area contributed by atoms with Crippen LogP contribution in [0.2, 0.25) is 0 Å². The van der Waals surface area contributed by atoms with Crippen molar-refractivity contribution in [3.05, 3.63) is 36.5 Å². The Morgan fingerprint density at radius 1 is 0.290 bits per heavy atom. The molecule has 0 aromatic carbocycles. The number of esters is 3. The van der Waals surface area contributed by atoms with Crippen molar-refractivity contribution in [3.8, 4) is 0 Å². The molecule has 404 valence electrons. The SMILES string of the molecule is CCC/C=C\CCCCCCCC(=O)OCC(COC(=O)CCCCCCCCCCCCCCCCCCCCCCCCCCCC)OC(=O)CCCCCCC/C=C\C/C=C\CCCCC. The van der Waals surface area contributed by atoms with Gasteiger partial charge < -0.3 is 14.2 Å². The molecule has 0 fully saturated rings. The summed E-state index contributed by atoms with van der Waals surface area (Å²) in [6.07, 6.45) is 70.2. The van der Waals surface area contributed by atoms with Crippen LogP contribution in [0.1, 0.15) is 329 Å². The van der Waals surface area contributed by atoms with Crippen LogP contribution >= 0.6 is 0 Å². The fraction of sp³-hybridized carbons (Fsp3) is 0.857. The van der Waals surface area contributed by atoms with Crippen molar-refractivity contribution in [1.82, 2.24) is 0 Å². The minimum atomic E-state index is -0.780. The molecular weight excluding hydrogens is 853 g/mol. The highest BCUT2D eigenvalue weighted by molar-refractivity contribution is 5.71. The van der Waals surface area contributed by atoms with Gasteiger partial charge in [0.25, 0.3) is 0 Å². The number of rotatable bonds is 56. The van der Waals surface area contributed by atoms with Crippen LogP contribution in [0, 0.1) is 0 Å². The minimum absolute atomic E-state index is 0.0772. The number of allylic oxidation sites excluding steroid dienone is 6. The van der Waals surface area contributed by atoms with Gasteiger partial charge in [-0.3, -0.25) is 14.4 Å². The first-order valence-corrected chi connectivity index (χ1v) is 30.5. The van der Waals surface area contributed by atoms with Gasteiger partial charge in [-0.1, -0.05) is 276 Å². The van der Waals surface area contributed by atoms with E-state index in [0.717, 1.165) is 96.3 Å². The minimum Gasteiger partial charge on any atom is -0.462 e. The molecule has 0 saturated heterocycles. The Kier molecular flexibility index (Phi) is 56.2. The Labute approximate surface area is 429 Å². The van der Waals surface area contributed by atoms with Crippen LogP contribution in [-0.2, 0) is 28.6 Å². The molecule has 0 aliphatic carbocycles. The zero-order valence-corrected chi connectivity index (χ0v) is 46.3. The Morgan fingerprint density at radius 2 is 0.551 bits per heavy atom. The summed E-state index contributed by atoms with van der Waals surface area (Å²) in [6, 6.07) is 0. The average molecular weight is 970 g/mol. The van der Waals surface area contributed by atoms with E-state index in [1.54, 1.807) is 0 Å².